The zero-order valence-corrected chi connectivity index (χ0v) is 16.4. The van der Waals surface area contributed by atoms with Crippen LogP contribution >= 0.6 is 0 Å². The SMILES string of the molecule is C1CCC(NCCC23CC4CC(CC(C4)C2)C3)CC1.O=C(O)/C=C\C(=O)O. The van der Waals surface area contributed by atoms with Crippen LogP contribution in [-0.4, -0.2) is 34.7 Å². The highest BCUT2D eigenvalue weighted by Crippen LogP contribution is 2.61. The average Bonchev–Trinajstić information content (AvgIpc) is 2.60. The molecule has 0 heterocycles. The number of carboxylic acids is 2. The van der Waals surface area contributed by atoms with Crippen LogP contribution in [0.15, 0.2) is 12.2 Å². The van der Waals surface area contributed by atoms with E-state index in [4.69, 9.17) is 10.2 Å². The van der Waals surface area contributed by atoms with Gasteiger partial charge >= 0.3 is 11.9 Å². The van der Waals surface area contributed by atoms with E-state index in [9.17, 15) is 9.59 Å². The lowest BCUT2D eigenvalue weighted by atomic mass is 9.49. The molecule has 5 fully saturated rings. The largest absolute Gasteiger partial charge is 0.478 e. The van der Waals surface area contributed by atoms with Gasteiger partial charge in [0.2, 0.25) is 0 Å². The minimum Gasteiger partial charge on any atom is -0.478 e. The van der Waals surface area contributed by atoms with Crippen molar-refractivity contribution < 1.29 is 19.8 Å². The Morgan fingerprint density at radius 1 is 0.852 bits per heavy atom. The molecule has 5 saturated carbocycles. The minimum absolute atomic E-state index is 0.558. The molecule has 5 aliphatic rings. The standard InChI is InChI=1S/C18H31N.C4H4O4/c1-2-4-17(5-3-1)19-7-6-18-11-14-8-15(12-18)10-16(9-14)13-18;5-3(6)1-2-4(7)8/h14-17,19H,1-13H2;1-2H,(H,5,6)(H,7,8)/b;2-1-. The molecule has 3 N–H and O–H groups in total. The Morgan fingerprint density at radius 3 is 1.78 bits per heavy atom. The third-order valence-corrected chi connectivity index (χ3v) is 7.23. The van der Waals surface area contributed by atoms with E-state index >= 15 is 0 Å². The maximum absolute atomic E-state index is 9.55. The fraction of sp³-hybridized carbons (Fsp3) is 0.818. The Hall–Kier alpha value is -1.36. The monoisotopic (exact) mass is 377 g/mol. The summed E-state index contributed by atoms with van der Waals surface area (Å²) in [7, 11) is 0. The molecule has 4 bridgehead atoms. The normalized spacial score (nSPS) is 35.0. The number of carbonyl (C=O) groups is 2. The summed E-state index contributed by atoms with van der Waals surface area (Å²) in [6.45, 7) is 1.32. The van der Waals surface area contributed by atoms with Crippen LogP contribution in [0.3, 0.4) is 0 Å². The van der Waals surface area contributed by atoms with Crippen molar-refractivity contribution in [2.45, 2.75) is 83.1 Å². The second-order valence-corrected chi connectivity index (χ2v) is 9.47. The summed E-state index contributed by atoms with van der Waals surface area (Å²) >= 11 is 0. The molecule has 5 rings (SSSR count). The zero-order valence-electron chi connectivity index (χ0n) is 16.4. The molecule has 0 aliphatic heterocycles. The van der Waals surface area contributed by atoms with Crippen LogP contribution < -0.4 is 5.32 Å². The lowest BCUT2D eigenvalue weighted by Crippen LogP contribution is -2.47. The molecule has 0 aromatic heterocycles. The fourth-order valence-corrected chi connectivity index (χ4v) is 6.59. The Labute approximate surface area is 162 Å². The van der Waals surface area contributed by atoms with Gasteiger partial charge in [-0.05, 0) is 87.5 Å². The third kappa shape index (κ3) is 6.06. The minimum atomic E-state index is -1.26. The van der Waals surface area contributed by atoms with Gasteiger partial charge in [0.25, 0.3) is 0 Å². The van der Waals surface area contributed by atoms with E-state index in [0.29, 0.717) is 12.2 Å². The predicted octanol–water partition coefficient (Wildman–Crippen LogP) is 4.23. The molecule has 0 amide bonds. The molecular weight excluding hydrogens is 342 g/mol. The van der Waals surface area contributed by atoms with Crippen LogP contribution in [0.4, 0.5) is 0 Å². The Morgan fingerprint density at radius 2 is 1.33 bits per heavy atom. The molecule has 0 unspecified atom stereocenters. The second kappa shape index (κ2) is 9.22. The van der Waals surface area contributed by atoms with Crippen molar-refractivity contribution in [2.24, 2.45) is 23.2 Å². The van der Waals surface area contributed by atoms with Crippen molar-refractivity contribution in [3.05, 3.63) is 12.2 Å². The van der Waals surface area contributed by atoms with Crippen molar-refractivity contribution in [1.29, 1.82) is 0 Å². The first-order valence-corrected chi connectivity index (χ1v) is 10.8. The number of hydrogen-bond acceptors (Lipinski definition) is 3. The summed E-state index contributed by atoms with van der Waals surface area (Å²) in [5, 5.41) is 19.5. The first kappa shape index (κ1) is 20.4. The lowest BCUT2D eigenvalue weighted by molar-refractivity contribution is -0.134. The predicted molar refractivity (Wildman–Crippen MR) is 105 cm³/mol. The molecule has 0 spiro atoms. The van der Waals surface area contributed by atoms with Crippen LogP contribution in [-0.2, 0) is 9.59 Å². The topological polar surface area (TPSA) is 86.6 Å². The van der Waals surface area contributed by atoms with E-state index in [1.54, 1.807) is 38.5 Å². The molecule has 152 valence electrons. The van der Waals surface area contributed by atoms with E-state index < -0.39 is 11.9 Å². The van der Waals surface area contributed by atoms with Gasteiger partial charge in [0, 0.05) is 18.2 Å². The first-order chi connectivity index (χ1) is 12.9. The summed E-state index contributed by atoms with van der Waals surface area (Å²) in [6, 6.07) is 0.864. The summed E-state index contributed by atoms with van der Waals surface area (Å²) in [4.78, 5) is 19.1. The summed E-state index contributed by atoms with van der Waals surface area (Å²) in [5.74, 6) is 0.864. The number of carboxylic acid groups (broad SMARTS) is 2. The van der Waals surface area contributed by atoms with Crippen LogP contribution in [0.5, 0.6) is 0 Å². The molecule has 5 heteroatoms. The molecule has 0 saturated heterocycles. The van der Waals surface area contributed by atoms with Gasteiger partial charge in [-0.25, -0.2) is 9.59 Å². The van der Waals surface area contributed by atoms with Gasteiger partial charge in [0.05, 0.1) is 0 Å². The van der Waals surface area contributed by atoms with E-state index in [2.05, 4.69) is 5.32 Å². The van der Waals surface area contributed by atoms with Gasteiger partial charge in [0.15, 0.2) is 0 Å². The Kier molecular flexibility index (Phi) is 6.96. The Bertz CT molecular complexity index is 499. The molecule has 5 aliphatic carbocycles. The van der Waals surface area contributed by atoms with Crippen molar-refractivity contribution in [3.63, 3.8) is 0 Å². The van der Waals surface area contributed by atoms with Crippen molar-refractivity contribution in [2.75, 3.05) is 6.54 Å². The van der Waals surface area contributed by atoms with Gasteiger partial charge in [-0.3, -0.25) is 0 Å². The quantitative estimate of drug-likeness (QED) is 0.603. The van der Waals surface area contributed by atoms with E-state index in [-0.39, 0.29) is 0 Å². The number of rotatable bonds is 6. The van der Waals surface area contributed by atoms with Gasteiger partial charge < -0.3 is 15.5 Å². The van der Waals surface area contributed by atoms with Crippen LogP contribution in [0, 0.1) is 23.2 Å². The maximum Gasteiger partial charge on any atom is 0.328 e. The molecule has 0 aromatic carbocycles. The summed E-state index contributed by atoms with van der Waals surface area (Å²) in [6.07, 6.45) is 19.5. The molecule has 5 nitrogen and oxygen atoms in total. The molecule has 27 heavy (non-hydrogen) atoms. The highest BCUT2D eigenvalue weighted by Gasteiger charge is 2.50. The van der Waals surface area contributed by atoms with Crippen molar-refractivity contribution in [1.82, 2.24) is 5.32 Å². The maximum atomic E-state index is 9.55. The molecule has 0 atom stereocenters. The Balaban J connectivity index is 0.000000226. The highest BCUT2D eigenvalue weighted by molar-refractivity contribution is 5.89. The number of aliphatic carboxylic acids is 2. The lowest BCUT2D eigenvalue weighted by Gasteiger charge is -2.57. The van der Waals surface area contributed by atoms with Gasteiger partial charge in [-0.1, -0.05) is 19.3 Å². The summed E-state index contributed by atoms with van der Waals surface area (Å²) < 4.78 is 0. The van der Waals surface area contributed by atoms with Crippen molar-refractivity contribution in [3.8, 4) is 0 Å². The summed E-state index contributed by atoms with van der Waals surface area (Å²) in [5.41, 5.74) is 0.788. The smallest absolute Gasteiger partial charge is 0.328 e. The molecule has 0 aromatic rings. The van der Waals surface area contributed by atoms with Crippen molar-refractivity contribution >= 4 is 11.9 Å². The number of nitrogens with one attached hydrogen (secondary N) is 1. The van der Waals surface area contributed by atoms with E-state index in [1.807, 2.05) is 0 Å². The van der Waals surface area contributed by atoms with E-state index in [1.165, 1.54) is 45.1 Å². The highest BCUT2D eigenvalue weighted by atomic mass is 16.4. The zero-order chi connectivity index (χ0) is 19.3. The number of hydrogen-bond donors (Lipinski definition) is 3. The second-order valence-electron chi connectivity index (χ2n) is 9.47. The first-order valence-electron chi connectivity index (χ1n) is 10.8. The van der Waals surface area contributed by atoms with E-state index in [0.717, 1.165) is 29.2 Å². The molecular formula is C22H35NO4. The van der Waals surface area contributed by atoms with Crippen LogP contribution in [0.2, 0.25) is 0 Å². The van der Waals surface area contributed by atoms with Crippen LogP contribution in [0.1, 0.15) is 77.0 Å². The third-order valence-electron chi connectivity index (χ3n) is 7.23. The fourth-order valence-electron chi connectivity index (χ4n) is 6.59. The molecule has 0 radical (unpaired) electrons. The van der Waals surface area contributed by atoms with Gasteiger partial charge in [-0.15, -0.1) is 0 Å². The van der Waals surface area contributed by atoms with Crippen LogP contribution in [0.25, 0.3) is 0 Å². The average molecular weight is 378 g/mol. The van der Waals surface area contributed by atoms with Gasteiger partial charge in [0.1, 0.15) is 0 Å². The van der Waals surface area contributed by atoms with Gasteiger partial charge in [-0.2, -0.15) is 0 Å².